The summed E-state index contributed by atoms with van der Waals surface area (Å²) in [5.74, 6) is -0.820. The first-order valence-corrected chi connectivity index (χ1v) is 34.5. The summed E-state index contributed by atoms with van der Waals surface area (Å²) in [6, 6.07) is 0. The van der Waals surface area contributed by atoms with E-state index < -0.39 is 6.10 Å². The van der Waals surface area contributed by atoms with Crippen LogP contribution in [0.5, 0.6) is 0 Å². The summed E-state index contributed by atoms with van der Waals surface area (Å²) in [6.45, 7) is 6.74. The molecule has 0 N–H and O–H groups in total. The maximum atomic E-state index is 12.9. The van der Waals surface area contributed by atoms with Crippen molar-refractivity contribution < 1.29 is 28.6 Å². The molecule has 0 fully saturated rings. The van der Waals surface area contributed by atoms with Crippen LogP contribution in [0.3, 0.4) is 0 Å². The molecule has 446 valence electrons. The van der Waals surface area contributed by atoms with Crippen LogP contribution < -0.4 is 0 Å². The second-order valence-electron chi connectivity index (χ2n) is 23.8. The van der Waals surface area contributed by atoms with Gasteiger partial charge in [-0.25, -0.2) is 0 Å². The molecule has 0 saturated carbocycles. The molecule has 1 atom stereocenters. The van der Waals surface area contributed by atoms with E-state index in [-0.39, 0.29) is 31.1 Å². The number of carbonyl (C=O) groups excluding carboxylic acids is 3. The lowest BCUT2D eigenvalue weighted by molar-refractivity contribution is -0.167. The summed E-state index contributed by atoms with van der Waals surface area (Å²) in [4.78, 5) is 38.4. The normalized spacial score (nSPS) is 11.9. The summed E-state index contributed by atoms with van der Waals surface area (Å²) in [6.07, 6.45) is 75.5. The van der Waals surface area contributed by atoms with Crippen molar-refractivity contribution in [3.05, 3.63) is 0 Å². The highest BCUT2D eigenvalue weighted by Crippen LogP contribution is 2.19. The zero-order chi connectivity index (χ0) is 54.3. The molecular weight excluding hydrogens is 925 g/mol. The zero-order valence-electron chi connectivity index (χ0n) is 51.4. The monoisotopic (exact) mass is 1060 g/mol. The van der Waals surface area contributed by atoms with Crippen molar-refractivity contribution in [3.8, 4) is 0 Å². The van der Waals surface area contributed by atoms with Crippen LogP contribution in [0.1, 0.15) is 406 Å². The minimum atomic E-state index is -0.763. The fourth-order valence-corrected chi connectivity index (χ4v) is 10.9. The molecule has 0 heterocycles. The van der Waals surface area contributed by atoms with Crippen LogP contribution in [0.2, 0.25) is 0 Å². The van der Waals surface area contributed by atoms with Gasteiger partial charge in [0.05, 0.1) is 0 Å². The van der Waals surface area contributed by atoms with E-state index in [9.17, 15) is 14.4 Å². The SMILES string of the molecule is CCCCCCCCCCCCCCCCCCCCCCCCCCCC(=O)OCC(COC(=O)CCCCCCCCCCCCCCCCCC)OC(=O)CCCCCCCCCCCCCCCCCC. The number of hydrogen-bond donors (Lipinski definition) is 0. The molecule has 0 aromatic heterocycles. The first kappa shape index (κ1) is 73.4. The van der Waals surface area contributed by atoms with E-state index in [0.717, 1.165) is 57.8 Å². The summed E-state index contributed by atoms with van der Waals surface area (Å²) < 4.78 is 17.0. The van der Waals surface area contributed by atoms with Gasteiger partial charge in [0, 0.05) is 19.3 Å². The molecule has 6 nitrogen and oxygen atoms in total. The number of esters is 3. The summed E-state index contributed by atoms with van der Waals surface area (Å²) in [5, 5.41) is 0. The first-order valence-electron chi connectivity index (χ1n) is 34.5. The van der Waals surface area contributed by atoms with Crippen molar-refractivity contribution in [2.45, 2.75) is 412 Å². The molecule has 0 spiro atoms. The van der Waals surface area contributed by atoms with Gasteiger partial charge in [0.15, 0.2) is 6.10 Å². The Balaban J connectivity index is 4.20. The Morgan fingerprint density at radius 1 is 0.213 bits per heavy atom. The molecule has 0 aliphatic carbocycles. The molecule has 75 heavy (non-hydrogen) atoms. The summed E-state index contributed by atoms with van der Waals surface area (Å²) in [5.41, 5.74) is 0. The Hall–Kier alpha value is -1.59. The number of carbonyl (C=O) groups is 3. The fraction of sp³-hybridized carbons (Fsp3) is 0.957. The lowest BCUT2D eigenvalue weighted by Gasteiger charge is -2.18. The van der Waals surface area contributed by atoms with Crippen LogP contribution in [-0.2, 0) is 28.6 Å². The van der Waals surface area contributed by atoms with Gasteiger partial charge in [-0.2, -0.15) is 0 Å². The third kappa shape index (κ3) is 63.1. The van der Waals surface area contributed by atoms with Crippen molar-refractivity contribution in [3.63, 3.8) is 0 Å². The van der Waals surface area contributed by atoms with E-state index in [1.807, 2.05) is 0 Å². The number of rotatable bonds is 65. The maximum Gasteiger partial charge on any atom is 0.306 e. The van der Waals surface area contributed by atoms with Crippen molar-refractivity contribution in [2.24, 2.45) is 0 Å². The Morgan fingerprint density at radius 2 is 0.360 bits per heavy atom. The predicted molar refractivity (Wildman–Crippen MR) is 326 cm³/mol. The lowest BCUT2D eigenvalue weighted by atomic mass is 10.0. The molecule has 0 aromatic carbocycles. The second-order valence-corrected chi connectivity index (χ2v) is 23.8. The van der Waals surface area contributed by atoms with Crippen molar-refractivity contribution in [1.29, 1.82) is 0 Å². The zero-order valence-corrected chi connectivity index (χ0v) is 51.4. The fourth-order valence-electron chi connectivity index (χ4n) is 10.9. The van der Waals surface area contributed by atoms with E-state index in [2.05, 4.69) is 20.8 Å². The van der Waals surface area contributed by atoms with Gasteiger partial charge in [-0.05, 0) is 19.3 Å². The quantitative estimate of drug-likeness (QED) is 0.0343. The van der Waals surface area contributed by atoms with E-state index in [0.29, 0.717) is 19.3 Å². The van der Waals surface area contributed by atoms with Crippen molar-refractivity contribution >= 4 is 17.9 Å². The molecule has 0 amide bonds. The molecule has 6 heteroatoms. The summed E-state index contributed by atoms with van der Waals surface area (Å²) in [7, 11) is 0. The van der Waals surface area contributed by atoms with Crippen LogP contribution in [0, 0.1) is 0 Å². The van der Waals surface area contributed by atoms with Crippen LogP contribution in [0.4, 0.5) is 0 Å². The molecule has 0 saturated heterocycles. The minimum Gasteiger partial charge on any atom is -0.462 e. The van der Waals surface area contributed by atoms with Gasteiger partial charge in [0.1, 0.15) is 13.2 Å². The van der Waals surface area contributed by atoms with E-state index in [1.54, 1.807) is 0 Å². The molecular formula is C69H134O6. The van der Waals surface area contributed by atoms with Gasteiger partial charge in [0.2, 0.25) is 0 Å². The third-order valence-corrected chi connectivity index (χ3v) is 16.1. The smallest absolute Gasteiger partial charge is 0.306 e. The van der Waals surface area contributed by atoms with Gasteiger partial charge < -0.3 is 14.2 Å². The molecule has 0 radical (unpaired) electrons. The Morgan fingerprint density at radius 3 is 0.533 bits per heavy atom. The molecule has 0 aliphatic heterocycles. The van der Waals surface area contributed by atoms with E-state index >= 15 is 0 Å². The number of unbranched alkanes of at least 4 members (excludes halogenated alkanes) is 54. The van der Waals surface area contributed by atoms with Crippen LogP contribution >= 0.6 is 0 Å². The maximum absolute atomic E-state index is 12.9. The largest absolute Gasteiger partial charge is 0.462 e. The van der Waals surface area contributed by atoms with Gasteiger partial charge in [0.25, 0.3) is 0 Å². The van der Waals surface area contributed by atoms with Gasteiger partial charge in [-0.15, -0.1) is 0 Å². The number of ether oxygens (including phenoxy) is 3. The number of hydrogen-bond acceptors (Lipinski definition) is 6. The average Bonchev–Trinajstić information content (AvgIpc) is 3.41. The molecule has 0 aliphatic rings. The van der Waals surface area contributed by atoms with Crippen molar-refractivity contribution in [1.82, 2.24) is 0 Å². The topological polar surface area (TPSA) is 78.9 Å². The molecule has 0 rings (SSSR count). The Bertz CT molecular complexity index is 1120. The molecule has 1 unspecified atom stereocenters. The first-order chi connectivity index (χ1) is 37.0. The lowest BCUT2D eigenvalue weighted by Crippen LogP contribution is -2.30. The van der Waals surface area contributed by atoms with E-state index in [1.165, 1.54) is 308 Å². The Labute approximate surface area is 469 Å². The molecule has 0 aromatic rings. The standard InChI is InChI=1S/C69H134O6/c1-4-7-10-13-16-19-22-25-28-31-32-33-34-35-36-37-38-39-42-44-47-50-53-56-59-62-68(71)74-65-66(75-69(72)63-60-57-54-51-48-45-41-30-27-24-21-18-15-12-9-6-3)64-73-67(70)61-58-55-52-49-46-43-40-29-26-23-20-17-14-11-8-5-2/h66H,4-65H2,1-3H3. The highest BCUT2D eigenvalue weighted by Gasteiger charge is 2.19. The highest BCUT2D eigenvalue weighted by molar-refractivity contribution is 5.71. The predicted octanol–water partition coefficient (Wildman–Crippen LogP) is 23.5. The molecule has 0 bridgehead atoms. The van der Waals surface area contributed by atoms with E-state index in [4.69, 9.17) is 14.2 Å². The second kappa shape index (κ2) is 64.9. The summed E-state index contributed by atoms with van der Waals surface area (Å²) >= 11 is 0. The minimum absolute atomic E-state index is 0.0602. The average molecular weight is 1060 g/mol. The van der Waals surface area contributed by atoms with Gasteiger partial charge in [-0.3, -0.25) is 14.4 Å². The van der Waals surface area contributed by atoms with Crippen LogP contribution in [0.15, 0.2) is 0 Å². The highest BCUT2D eigenvalue weighted by atomic mass is 16.6. The van der Waals surface area contributed by atoms with Gasteiger partial charge >= 0.3 is 17.9 Å². The third-order valence-electron chi connectivity index (χ3n) is 16.1. The van der Waals surface area contributed by atoms with Crippen LogP contribution in [-0.4, -0.2) is 37.2 Å². The van der Waals surface area contributed by atoms with Crippen LogP contribution in [0.25, 0.3) is 0 Å². The van der Waals surface area contributed by atoms with Crippen molar-refractivity contribution in [2.75, 3.05) is 13.2 Å². The van der Waals surface area contributed by atoms with Gasteiger partial charge in [-0.1, -0.05) is 367 Å². The Kier molecular flexibility index (Phi) is 63.6.